The number of urea groups is 1. The number of benzene rings is 2. The zero-order chi connectivity index (χ0) is 22.0. The Hall–Kier alpha value is -3.32. The van der Waals surface area contributed by atoms with Gasteiger partial charge in [0.1, 0.15) is 12.4 Å². The largest absolute Gasteiger partial charge is 0.489 e. The summed E-state index contributed by atoms with van der Waals surface area (Å²) in [6.07, 6.45) is 0. The Morgan fingerprint density at radius 1 is 1.10 bits per heavy atom. The van der Waals surface area contributed by atoms with Crippen LogP contribution in [0.15, 0.2) is 65.9 Å². The smallest absolute Gasteiger partial charge is 0.322 e. The molecule has 0 fully saturated rings. The Balaban J connectivity index is 1.57. The van der Waals surface area contributed by atoms with Crippen molar-refractivity contribution in [3.63, 3.8) is 0 Å². The topological polar surface area (TPSA) is 65.1 Å². The normalized spacial score (nSPS) is 18.5. The summed E-state index contributed by atoms with van der Waals surface area (Å²) >= 11 is 0. The van der Waals surface area contributed by atoms with Crippen LogP contribution in [-0.4, -0.2) is 67.4 Å². The summed E-state index contributed by atoms with van der Waals surface area (Å²) in [5.41, 5.74) is 3.32. The lowest BCUT2D eigenvalue weighted by atomic mass is 9.95. The molecule has 3 amide bonds. The summed E-state index contributed by atoms with van der Waals surface area (Å²) in [6.45, 7) is 2.29. The van der Waals surface area contributed by atoms with E-state index in [0.717, 1.165) is 23.4 Å². The maximum atomic E-state index is 13.2. The van der Waals surface area contributed by atoms with Crippen molar-refractivity contribution in [2.45, 2.75) is 12.6 Å². The van der Waals surface area contributed by atoms with Gasteiger partial charge in [0, 0.05) is 20.1 Å². The van der Waals surface area contributed by atoms with Gasteiger partial charge in [-0.15, -0.1) is 0 Å². The number of amides is 3. The predicted molar refractivity (Wildman–Crippen MR) is 118 cm³/mol. The number of ether oxygens (including phenoxy) is 1. The maximum Gasteiger partial charge on any atom is 0.322 e. The Kier molecular flexibility index (Phi) is 5.95. The molecule has 0 aromatic heterocycles. The quantitative estimate of drug-likeness (QED) is 0.748. The fourth-order valence-corrected chi connectivity index (χ4v) is 3.90. The van der Waals surface area contributed by atoms with Gasteiger partial charge >= 0.3 is 6.03 Å². The van der Waals surface area contributed by atoms with Crippen molar-refractivity contribution in [2.75, 3.05) is 40.8 Å². The second kappa shape index (κ2) is 8.81. The van der Waals surface area contributed by atoms with E-state index in [9.17, 15) is 9.59 Å². The second-order valence-corrected chi connectivity index (χ2v) is 8.18. The molecule has 2 heterocycles. The molecule has 0 radical (unpaired) electrons. The summed E-state index contributed by atoms with van der Waals surface area (Å²) in [7, 11) is 5.67. The maximum absolute atomic E-state index is 13.2. The zero-order valence-electron chi connectivity index (χ0n) is 18.2. The Morgan fingerprint density at radius 3 is 2.61 bits per heavy atom. The van der Waals surface area contributed by atoms with Crippen molar-refractivity contribution >= 4 is 11.9 Å². The minimum absolute atomic E-state index is 0.0238. The molecule has 0 saturated carbocycles. The van der Waals surface area contributed by atoms with E-state index >= 15 is 0 Å². The van der Waals surface area contributed by atoms with Crippen LogP contribution in [0.5, 0.6) is 5.75 Å². The molecule has 0 unspecified atom stereocenters. The highest BCUT2D eigenvalue weighted by molar-refractivity contribution is 6.01. The SMILES string of the molecule is CN(C)CCN1CC2=C(C1=O)[C@H](c1cccc(OCc3ccccc3)c1)NC(=O)N2C. The Labute approximate surface area is 182 Å². The number of carbonyl (C=O) groups excluding carboxylic acids is 2. The molecular weight excluding hydrogens is 392 g/mol. The number of hydrogen-bond donors (Lipinski definition) is 1. The van der Waals surface area contributed by atoms with Crippen molar-refractivity contribution < 1.29 is 14.3 Å². The van der Waals surface area contributed by atoms with Crippen LogP contribution in [0.25, 0.3) is 0 Å². The van der Waals surface area contributed by atoms with Crippen LogP contribution in [0, 0.1) is 0 Å². The van der Waals surface area contributed by atoms with Crippen molar-refractivity contribution in [1.29, 1.82) is 0 Å². The number of carbonyl (C=O) groups is 2. The molecule has 2 aromatic carbocycles. The van der Waals surface area contributed by atoms with Crippen molar-refractivity contribution in [3.8, 4) is 5.75 Å². The van der Waals surface area contributed by atoms with E-state index in [4.69, 9.17) is 4.74 Å². The van der Waals surface area contributed by atoms with Gasteiger partial charge in [0.25, 0.3) is 5.91 Å². The van der Waals surface area contributed by atoms with E-state index in [0.29, 0.717) is 31.0 Å². The fourth-order valence-electron chi connectivity index (χ4n) is 3.90. The molecule has 0 aliphatic carbocycles. The third kappa shape index (κ3) is 4.41. The number of rotatable bonds is 7. The highest BCUT2D eigenvalue weighted by Gasteiger charge is 2.42. The summed E-state index contributed by atoms with van der Waals surface area (Å²) in [4.78, 5) is 31.2. The van der Waals surface area contributed by atoms with Crippen LogP contribution in [0.1, 0.15) is 17.2 Å². The van der Waals surface area contributed by atoms with Crippen LogP contribution in [0.4, 0.5) is 4.79 Å². The first-order valence-corrected chi connectivity index (χ1v) is 10.4. The van der Waals surface area contributed by atoms with E-state index < -0.39 is 6.04 Å². The van der Waals surface area contributed by atoms with Crippen molar-refractivity contribution in [2.24, 2.45) is 0 Å². The van der Waals surface area contributed by atoms with Crippen LogP contribution < -0.4 is 10.1 Å². The molecule has 0 saturated heterocycles. The lowest BCUT2D eigenvalue weighted by Gasteiger charge is -2.31. The lowest BCUT2D eigenvalue weighted by molar-refractivity contribution is -0.125. The average Bonchev–Trinajstić information content (AvgIpc) is 3.11. The number of likely N-dealkylation sites (N-methyl/N-ethyl adjacent to an activating group) is 2. The van der Waals surface area contributed by atoms with Crippen LogP contribution >= 0.6 is 0 Å². The molecule has 0 bridgehead atoms. The molecule has 1 atom stereocenters. The van der Waals surface area contributed by atoms with E-state index in [2.05, 4.69) is 5.32 Å². The molecule has 2 aliphatic heterocycles. The van der Waals surface area contributed by atoms with Gasteiger partial charge in [-0.05, 0) is 37.4 Å². The lowest BCUT2D eigenvalue weighted by Crippen LogP contribution is -2.45. The summed E-state index contributed by atoms with van der Waals surface area (Å²) in [6, 6.07) is 16.9. The summed E-state index contributed by atoms with van der Waals surface area (Å²) in [5, 5.41) is 2.99. The minimum atomic E-state index is -0.490. The molecule has 2 aromatic rings. The highest BCUT2D eigenvalue weighted by atomic mass is 16.5. The van der Waals surface area contributed by atoms with Crippen LogP contribution in [0.2, 0.25) is 0 Å². The molecule has 31 heavy (non-hydrogen) atoms. The molecule has 7 nitrogen and oxygen atoms in total. The third-order valence-corrected chi connectivity index (χ3v) is 5.69. The zero-order valence-corrected chi connectivity index (χ0v) is 18.2. The molecule has 162 valence electrons. The van der Waals surface area contributed by atoms with Gasteiger partial charge in [0.15, 0.2) is 0 Å². The monoisotopic (exact) mass is 420 g/mol. The molecule has 4 rings (SSSR count). The Morgan fingerprint density at radius 2 is 1.87 bits per heavy atom. The van der Waals surface area contributed by atoms with Gasteiger partial charge < -0.3 is 19.9 Å². The van der Waals surface area contributed by atoms with E-state index in [1.807, 2.05) is 78.5 Å². The Bertz CT molecular complexity index is 1000. The van der Waals surface area contributed by atoms with E-state index in [1.54, 1.807) is 11.9 Å². The van der Waals surface area contributed by atoms with Crippen LogP contribution in [-0.2, 0) is 11.4 Å². The van der Waals surface area contributed by atoms with Gasteiger partial charge in [0.2, 0.25) is 0 Å². The third-order valence-electron chi connectivity index (χ3n) is 5.69. The van der Waals surface area contributed by atoms with E-state index in [1.165, 1.54) is 0 Å². The standard InChI is InChI=1S/C24H28N4O3/c1-26(2)12-13-28-15-20-21(23(28)29)22(25-24(30)27(20)3)18-10-7-11-19(14-18)31-16-17-8-5-4-6-9-17/h4-11,14,22H,12-13,15-16H2,1-3H3,(H,25,30)/t22-/m0/s1. The average molecular weight is 421 g/mol. The molecule has 2 aliphatic rings. The minimum Gasteiger partial charge on any atom is -0.489 e. The highest BCUT2D eigenvalue weighted by Crippen LogP contribution is 2.36. The van der Waals surface area contributed by atoms with Gasteiger partial charge in [0.05, 0.1) is 23.9 Å². The van der Waals surface area contributed by atoms with Crippen molar-refractivity contribution in [3.05, 3.63) is 77.0 Å². The van der Waals surface area contributed by atoms with Crippen molar-refractivity contribution in [1.82, 2.24) is 20.0 Å². The van der Waals surface area contributed by atoms with Gasteiger partial charge in [-0.2, -0.15) is 0 Å². The first kappa shape index (κ1) is 20.9. The molecule has 1 N–H and O–H groups in total. The van der Waals surface area contributed by atoms with E-state index in [-0.39, 0.29) is 11.9 Å². The molecular formula is C24H28N4O3. The van der Waals surface area contributed by atoms with Gasteiger partial charge in [-0.3, -0.25) is 9.69 Å². The fraction of sp³-hybridized carbons (Fsp3) is 0.333. The summed E-state index contributed by atoms with van der Waals surface area (Å²) < 4.78 is 5.96. The van der Waals surface area contributed by atoms with Gasteiger partial charge in [-0.25, -0.2) is 4.79 Å². The summed E-state index contributed by atoms with van der Waals surface area (Å²) in [5.74, 6) is 0.677. The first-order chi connectivity index (χ1) is 14.9. The number of nitrogens with zero attached hydrogens (tertiary/aromatic N) is 3. The molecule has 0 spiro atoms. The second-order valence-electron chi connectivity index (χ2n) is 8.18. The number of nitrogens with one attached hydrogen (secondary N) is 1. The molecule has 7 heteroatoms. The predicted octanol–water partition coefficient (Wildman–Crippen LogP) is 2.62. The number of hydrogen-bond acceptors (Lipinski definition) is 4. The van der Waals surface area contributed by atoms with Crippen LogP contribution in [0.3, 0.4) is 0 Å². The van der Waals surface area contributed by atoms with Gasteiger partial charge in [-0.1, -0.05) is 42.5 Å². The first-order valence-electron chi connectivity index (χ1n) is 10.4.